The zero-order valence-electron chi connectivity index (χ0n) is 8.60. The second-order valence-electron chi connectivity index (χ2n) is 3.10. The van der Waals surface area contributed by atoms with Crippen molar-refractivity contribution in [3.8, 4) is 5.75 Å². The predicted octanol–water partition coefficient (Wildman–Crippen LogP) is 0.208. The number of aromatic hydroxyl groups is 1. The van der Waals surface area contributed by atoms with E-state index in [0.29, 0.717) is 6.54 Å². The second-order valence-corrected chi connectivity index (χ2v) is 3.10. The molecule has 5 nitrogen and oxygen atoms in total. The molecule has 0 saturated carbocycles. The van der Waals surface area contributed by atoms with Crippen LogP contribution in [0, 0.1) is 0 Å². The number of anilines is 1. The third-order valence-electron chi connectivity index (χ3n) is 2.07. The molecule has 1 amide bonds. The number of carbonyl (C=O) groups is 1. The molecule has 0 spiro atoms. The first-order valence-corrected chi connectivity index (χ1v) is 4.70. The summed E-state index contributed by atoms with van der Waals surface area (Å²) in [5.74, 6) is 4.92. The Morgan fingerprint density at radius 2 is 2.33 bits per heavy atom. The number of hydrogen-bond donors (Lipinski definition) is 3. The van der Waals surface area contributed by atoms with Gasteiger partial charge in [0.2, 0.25) is 0 Å². The van der Waals surface area contributed by atoms with Gasteiger partial charge in [0.15, 0.2) is 0 Å². The highest BCUT2D eigenvalue weighted by atomic mass is 16.3. The van der Waals surface area contributed by atoms with Gasteiger partial charge in [-0.3, -0.25) is 10.2 Å². The van der Waals surface area contributed by atoms with Crippen LogP contribution in [-0.4, -0.2) is 24.1 Å². The Bertz CT molecular complexity index is 341. The molecule has 15 heavy (non-hydrogen) atoms. The number of nitrogens with zero attached hydrogens (tertiary/aromatic N) is 1. The van der Waals surface area contributed by atoms with Crippen LogP contribution in [0.15, 0.2) is 24.3 Å². The van der Waals surface area contributed by atoms with Gasteiger partial charge < -0.3 is 10.0 Å². The van der Waals surface area contributed by atoms with E-state index in [4.69, 9.17) is 5.84 Å². The maximum atomic E-state index is 11.1. The van der Waals surface area contributed by atoms with Gasteiger partial charge in [-0.15, -0.1) is 0 Å². The number of hydrogen-bond acceptors (Lipinski definition) is 4. The molecule has 0 heterocycles. The number of likely N-dealkylation sites (N-methyl/N-ethyl adjacent to an activating group) is 1. The van der Waals surface area contributed by atoms with E-state index in [1.807, 2.05) is 17.9 Å². The smallest absolute Gasteiger partial charge is 0.253 e. The van der Waals surface area contributed by atoms with E-state index in [0.717, 1.165) is 5.69 Å². The van der Waals surface area contributed by atoms with Gasteiger partial charge in [-0.25, -0.2) is 5.84 Å². The Morgan fingerprint density at radius 3 is 2.87 bits per heavy atom. The minimum Gasteiger partial charge on any atom is -0.508 e. The number of carbonyl (C=O) groups excluding carboxylic acids is 1. The fourth-order valence-electron chi connectivity index (χ4n) is 1.29. The second kappa shape index (κ2) is 5.21. The van der Waals surface area contributed by atoms with Crippen LogP contribution in [0.25, 0.3) is 0 Å². The van der Waals surface area contributed by atoms with Gasteiger partial charge >= 0.3 is 0 Å². The highest BCUT2D eigenvalue weighted by Crippen LogP contribution is 2.19. The van der Waals surface area contributed by atoms with Crippen LogP contribution in [-0.2, 0) is 4.79 Å². The Labute approximate surface area is 88.5 Å². The first-order chi connectivity index (χ1) is 7.17. The van der Waals surface area contributed by atoms with Gasteiger partial charge in [0.1, 0.15) is 5.75 Å². The number of hydrazine groups is 1. The average Bonchev–Trinajstić information content (AvgIpc) is 2.25. The fourth-order valence-corrected chi connectivity index (χ4v) is 1.29. The van der Waals surface area contributed by atoms with E-state index >= 15 is 0 Å². The van der Waals surface area contributed by atoms with Crippen LogP contribution in [0.3, 0.4) is 0 Å². The third kappa shape index (κ3) is 3.14. The topological polar surface area (TPSA) is 78.6 Å². The molecule has 0 bridgehead atoms. The lowest BCUT2D eigenvalue weighted by atomic mass is 10.2. The minimum atomic E-state index is -0.264. The largest absolute Gasteiger partial charge is 0.508 e. The summed E-state index contributed by atoms with van der Waals surface area (Å²) >= 11 is 0. The first-order valence-electron chi connectivity index (χ1n) is 4.70. The van der Waals surface area contributed by atoms with Crippen molar-refractivity contribution in [3.05, 3.63) is 24.3 Å². The summed E-state index contributed by atoms with van der Waals surface area (Å²) in [5, 5.41) is 9.30. The minimum absolute atomic E-state index is 0.177. The summed E-state index contributed by atoms with van der Waals surface area (Å²) in [5.41, 5.74) is 2.86. The molecule has 0 aromatic heterocycles. The highest BCUT2D eigenvalue weighted by molar-refractivity contribution is 5.80. The van der Waals surface area contributed by atoms with Crippen LogP contribution in [0.1, 0.15) is 6.92 Å². The number of nitrogens with two attached hydrogens (primary N) is 1. The van der Waals surface area contributed by atoms with Gasteiger partial charge in [0, 0.05) is 18.3 Å². The summed E-state index contributed by atoms with van der Waals surface area (Å²) in [6.07, 6.45) is 0. The van der Waals surface area contributed by atoms with Gasteiger partial charge in [0.05, 0.1) is 6.54 Å². The summed E-state index contributed by atoms with van der Waals surface area (Å²) in [7, 11) is 0. The zero-order valence-corrected chi connectivity index (χ0v) is 8.60. The highest BCUT2D eigenvalue weighted by Gasteiger charge is 2.08. The Balaban J connectivity index is 2.78. The number of nitrogens with one attached hydrogen (secondary N) is 1. The van der Waals surface area contributed by atoms with Crippen molar-refractivity contribution in [2.45, 2.75) is 6.92 Å². The van der Waals surface area contributed by atoms with Gasteiger partial charge in [0.25, 0.3) is 5.91 Å². The molecule has 0 aliphatic carbocycles. The quantitative estimate of drug-likeness (QED) is 0.376. The molecule has 1 aromatic carbocycles. The van der Waals surface area contributed by atoms with Crippen LogP contribution in [0.2, 0.25) is 0 Å². The molecule has 0 radical (unpaired) electrons. The van der Waals surface area contributed by atoms with Gasteiger partial charge in [-0.2, -0.15) is 0 Å². The molecule has 0 atom stereocenters. The van der Waals surface area contributed by atoms with Crippen LogP contribution in [0.5, 0.6) is 5.75 Å². The zero-order chi connectivity index (χ0) is 11.3. The molecule has 0 aliphatic heterocycles. The summed E-state index contributed by atoms with van der Waals surface area (Å²) in [6, 6.07) is 6.74. The first kappa shape index (κ1) is 11.3. The van der Waals surface area contributed by atoms with Crippen LogP contribution < -0.4 is 16.2 Å². The number of phenolic OH excluding ortho intramolecular Hbond substituents is 1. The van der Waals surface area contributed by atoms with Crippen molar-refractivity contribution in [1.29, 1.82) is 0 Å². The standard InChI is InChI=1S/C10H15N3O2/c1-2-13(7-10(15)12-11)8-4-3-5-9(14)6-8/h3-6,14H,2,7,11H2,1H3,(H,12,15). The summed E-state index contributed by atoms with van der Waals surface area (Å²) in [6.45, 7) is 2.77. The lowest BCUT2D eigenvalue weighted by molar-refractivity contribution is -0.119. The molecule has 82 valence electrons. The number of phenols is 1. The molecular formula is C10H15N3O2. The Morgan fingerprint density at radius 1 is 1.60 bits per heavy atom. The van der Waals surface area contributed by atoms with Crippen molar-refractivity contribution < 1.29 is 9.90 Å². The van der Waals surface area contributed by atoms with Crippen molar-refractivity contribution in [2.24, 2.45) is 5.84 Å². The van der Waals surface area contributed by atoms with E-state index in [1.165, 1.54) is 0 Å². The average molecular weight is 209 g/mol. The van der Waals surface area contributed by atoms with Crippen LogP contribution >= 0.6 is 0 Å². The molecule has 0 fully saturated rings. The fraction of sp³-hybridized carbons (Fsp3) is 0.300. The molecule has 1 rings (SSSR count). The molecule has 4 N–H and O–H groups in total. The van der Waals surface area contributed by atoms with E-state index in [2.05, 4.69) is 5.43 Å². The number of amides is 1. The van der Waals surface area contributed by atoms with E-state index in [9.17, 15) is 9.90 Å². The molecule has 0 unspecified atom stereocenters. The maximum Gasteiger partial charge on any atom is 0.253 e. The SMILES string of the molecule is CCN(CC(=O)NN)c1cccc(O)c1. The van der Waals surface area contributed by atoms with Crippen LogP contribution in [0.4, 0.5) is 5.69 Å². The van der Waals surface area contributed by atoms with Crippen molar-refractivity contribution in [1.82, 2.24) is 5.43 Å². The van der Waals surface area contributed by atoms with Gasteiger partial charge in [-0.1, -0.05) is 6.07 Å². The van der Waals surface area contributed by atoms with E-state index in [-0.39, 0.29) is 18.2 Å². The predicted molar refractivity (Wildman–Crippen MR) is 58.3 cm³/mol. The van der Waals surface area contributed by atoms with Crippen molar-refractivity contribution in [2.75, 3.05) is 18.0 Å². The summed E-state index contributed by atoms with van der Waals surface area (Å²) < 4.78 is 0. The lowest BCUT2D eigenvalue weighted by Gasteiger charge is -2.21. The van der Waals surface area contributed by atoms with E-state index < -0.39 is 0 Å². The monoisotopic (exact) mass is 209 g/mol. The maximum absolute atomic E-state index is 11.1. The van der Waals surface area contributed by atoms with E-state index in [1.54, 1.807) is 18.2 Å². The molecule has 0 saturated heterocycles. The molecule has 1 aromatic rings. The Kier molecular flexibility index (Phi) is 3.93. The number of rotatable bonds is 4. The lowest BCUT2D eigenvalue weighted by Crippen LogP contribution is -2.40. The third-order valence-corrected chi connectivity index (χ3v) is 2.07. The normalized spacial score (nSPS) is 9.73. The molecule has 5 heteroatoms. The number of benzene rings is 1. The van der Waals surface area contributed by atoms with Gasteiger partial charge in [-0.05, 0) is 19.1 Å². The molecular weight excluding hydrogens is 194 g/mol. The Hall–Kier alpha value is -1.75. The van der Waals surface area contributed by atoms with Crippen molar-refractivity contribution >= 4 is 11.6 Å². The van der Waals surface area contributed by atoms with Crippen molar-refractivity contribution in [3.63, 3.8) is 0 Å². The molecule has 0 aliphatic rings. The summed E-state index contributed by atoms with van der Waals surface area (Å²) in [4.78, 5) is 12.9.